The van der Waals surface area contributed by atoms with E-state index in [0.29, 0.717) is 13.0 Å². The molecule has 0 saturated heterocycles. The number of rotatable bonds is 6. The highest BCUT2D eigenvalue weighted by atomic mass is 16.2. The lowest BCUT2D eigenvalue weighted by Gasteiger charge is -2.12. The van der Waals surface area contributed by atoms with Crippen molar-refractivity contribution in [2.24, 2.45) is 5.10 Å². The van der Waals surface area contributed by atoms with Crippen LogP contribution in [0.3, 0.4) is 0 Å². The summed E-state index contributed by atoms with van der Waals surface area (Å²) >= 11 is 0. The highest BCUT2D eigenvalue weighted by Gasteiger charge is 2.15. The van der Waals surface area contributed by atoms with Gasteiger partial charge >= 0.3 is 0 Å². The minimum absolute atomic E-state index is 0.0583. The first-order valence-electron chi connectivity index (χ1n) is 10.3. The van der Waals surface area contributed by atoms with Gasteiger partial charge < -0.3 is 4.57 Å². The van der Waals surface area contributed by atoms with Crippen LogP contribution in [0.25, 0.3) is 22.5 Å². The zero-order valence-electron chi connectivity index (χ0n) is 16.6. The fourth-order valence-corrected chi connectivity index (χ4v) is 3.75. The van der Waals surface area contributed by atoms with Crippen molar-refractivity contribution < 1.29 is 4.79 Å². The molecule has 29 heavy (non-hydrogen) atoms. The van der Waals surface area contributed by atoms with Crippen molar-refractivity contribution >= 4 is 11.6 Å². The Morgan fingerprint density at radius 1 is 0.931 bits per heavy atom. The molecule has 2 aromatic carbocycles. The maximum absolute atomic E-state index is 12.3. The number of imidazole rings is 1. The Morgan fingerprint density at radius 2 is 1.59 bits per heavy atom. The second kappa shape index (κ2) is 9.32. The number of carbonyl (C=O) groups is 1. The topological polar surface area (TPSA) is 59.3 Å². The van der Waals surface area contributed by atoms with Gasteiger partial charge in [0.2, 0.25) is 5.91 Å². The Balaban J connectivity index is 1.51. The van der Waals surface area contributed by atoms with Crippen molar-refractivity contribution in [3.63, 3.8) is 0 Å². The number of hydrogen-bond acceptors (Lipinski definition) is 3. The van der Waals surface area contributed by atoms with Crippen LogP contribution in [0, 0.1) is 0 Å². The molecule has 4 rings (SSSR count). The van der Waals surface area contributed by atoms with E-state index in [1.807, 2.05) is 42.7 Å². The molecule has 0 atom stereocenters. The molecule has 1 aliphatic rings. The van der Waals surface area contributed by atoms with Crippen LogP contribution < -0.4 is 5.43 Å². The van der Waals surface area contributed by atoms with E-state index >= 15 is 0 Å². The van der Waals surface area contributed by atoms with Gasteiger partial charge in [0.25, 0.3) is 0 Å². The zero-order chi connectivity index (χ0) is 19.9. The molecular weight excluding hydrogens is 360 g/mol. The quantitative estimate of drug-likeness (QED) is 0.603. The van der Waals surface area contributed by atoms with Crippen LogP contribution in [-0.2, 0) is 11.3 Å². The van der Waals surface area contributed by atoms with Crippen LogP contribution in [0.1, 0.15) is 38.5 Å². The van der Waals surface area contributed by atoms with Gasteiger partial charge in [0.05, 0.1) is 17.7 Å². The number of nitrogens with one attached hydrogen (secondary N) is 1. The number of amides is 1. The predicted octanol–water partition coefficient (Wildman–Crippen LogP) is 5.04. The molecule has 1 fully saturated rings. The van der Waals surface area contributed by atoms with E-state index in [0.717, 1.165) is 41.1 Å². The fraction of sp³-hybridized carbons (Fsp3) is 0.292. The molecule has 0 aliphatic heterocycles. The zero-order valence-corrected chi connectivity index (χ0v) is 16.6. The molecule has 1 saturated carbocycles. The molecule has 148 valence electrons. The van der Waals surface area contributed by atoms with Crippen molar-refractivity contribution in [3.05, 3.63) is 67.0 Å². The Hall–Kier alpha value is -3.21. The van der Waals surface area contributed by atoms with Gasteiger partial charge in [-0.2, -0.15) is 5.10 Å². The van der Waals surface area contributed by atoms with Gasteiger partial charge in [-0.05, 0) is 25.7 Å². The van der Waals surface area contributed by atoms with Gasteiger partial charge in [0, 0.05) is 29.8 Å². The van der Waals surface area contributed by atoms with Crippen molar-refractivity contribution in [1.29, 1.82) is 0 Å². The summed E-state index contributed by atoms with van der Waals surface area (Å²) in [4.78, 5) is 17.0. The van der Waals surface area contributed by atoms with Crippen LogP contribution in [0.5, 0.6) is 0 Å². The molecule has 0 spiro atoms. The number of aryl methyl sites for hydroxylation is 1. The van der Waals surface area contributed by atoms with Gasteiger partial charge in [-0.3, -0.25) is 4.79 Å². The van der Waals surface area contributed by atoms with E-state index < -0.39 is 0 Å². The molecule has 0 unspecified atom stereocenters. The lowest BCUT2D eigenvalue weighted by atomic mass is 9.99. The lowest BCUT2D eigenvalue weighted by Crippen LogP contribution is -2.22. The summed E-state index contributed by atoms with van der Waals surface area (Å²) in [5, 5.41) is 4.32. The second-order valence-electron chi connectivity index (χ2n) is 7.39. The van der Waals surface area contributed by atoms with Crippen LogP contribution >= 0.6 is 0 Å². The molecule has 3 aromatic rings. The SMILES string of the molecule is O=C(CCn1cnc(-c2ccccc2)c1-c1ccccc1)NN=C1CCCCC1. The summed E-state index contributed by atoms with van der Waals surface area (Å²) in [7, 11) is 0. The van der Waals surface area contributed by atoms with E-state index in [4.69, 9.17) is 0 Å². The number of nitrogens with zero attached hydrogens (tertiary/aromatic N) is 3. The van der Waals surface area contributed by atoms with E-state index in [-0.39, 0.29) is 5.91 Å². The van der Waals surface area contributed by atoms with Crippen LogP contribution in [0.15, 0.2) is 72.1 Å². The van der Waals surface area contributed by atoms with Crippen LogP contribution in [0.2, 0.25) is 0 Å². The minimum Gasteiger partial charge on any atom is -0.330 e. The summed E-state index contributed by atoms with van der Waals surface area (Å²) in [5.74, 6) is -0.0583. The van der Waals surface area contributed by atoms with Gasteiger partial charge in [-0.1, -0.05) is 67.1 Å². The second-order valence-corrected chi connectivity index (χ2v) is 7.39. The molecule has 1 amide bonds. The highest BCUT2D eigenvalue weighted by Crippen LogP contribution is 2.31. The Labute approximate surface area is 171 Å². The normalized spacial score (nSPS) is 13.9. The highest BCUT2D eigenvalue weighted by molar-refractivity contribution is 5.86. The van der Waals surface area contributed by atoms with E-state index in [1.54, 1.807) is 0 Å². The average molecular weight is 386 g/mol. The fourth-order valence-electron chi connectivity index (χ4n) is 3.75. The Bertz CT molecular complexity index is 969. The summed E-state index contributed by atoms with van der Waals surface area (Å²) < 4.78 is 2.06. The predicted molar refractivity (Wildman–Crippen MR) is 116 cm³/mol. The largest absolute Gasteiger partial charge is 0.330 e. The third-order valence-electron chi connectivity index (χ3n) is 5.28. The van der Waals surface area contributed by atoms with Crippen molar-refractivity contribution in [2.75, 3.05) is 0 Å². The van der Waals surface area contributed by atoms with Crippen LogP contribution in [-0.4, -0.2) is 21.2 Å². The molecule has 0 bridgehead atoms. The first-order valence-corrected chi connectivity index (χ1v) is 10.3. The summed E-state index contributed by atoms with van der Waals surface area (Å²) in [6.45, 7) is 0.556. The number of aromatic nitrogens is 2. The molecule has 1 aromatic heterocycles. The van der Waals surface area contributed by atoms with E-state index in [9.17, 15) is 4.79 Å². The molecule has 5 heteroatoms. The van der Waals surface area contributed by atoms with Crippen molar-refractivity contribution in [2.45, 2.75) is 45.1 Å². The van der Waals surface area contributed by atoms with Gasteiger partial charge in [0.15, 0.2) is 0 Å². The van der Waals surface area contributed by atoms with E-state index in [1.165, 1.54) is 19.3 Å². The minimum atomic E-state index is -0.0583. The Kier molecular flexibility index (Phi) is 6.15. The maximum Gasteiger partial charge on any atom is 0.241 e. The Morgan fingerprint density at radius 3 is 2.28 bits per heavy atom. The monoisotopic (exact) mass is 386 g/mol. The molecule has 5 nitrogen and oxygen atoms in total. The summed E-state index contributed by atoms with van der Waals surface area (Å²) in [6, 6.07) is 20.4. The van der Waals surface area contributed by atoms with Gasteiger partial charge in [0.1, 0.15) is 0 Å². The van der Waals surface area contributed by atoms with Crippen molar-refractivity contribution in [1.82, 2.24) is 15.0 Å². The summed E-state index contributed by atoms with van der Waals surface area (Å²) in [5.41, 5.74) is 7.97. The number of benzene rings is 2. The van der Waals surface area contributed by atoms with Gasteiger partial charge in [-0.25, -0.2) is 10.4 Å². The van der Waals surface area contributed by atoms with Crippen LogP contribution in [0.4, 0.5) is 0 Å². The molecule has 0 radical (unpaired) electrons. The van der Waals surface area contributed by atoms with Gasteiger partial charge in [-0.15, -0.1) is 0 Å². The third kappa shape index (κ3) is 4.80. The maximum atomic E-state index is 12.3. The smallest absolute Gasteiger partial charge is 0.241 e. The average Bonchev–Trinajstić information content (AvgIpc) is 3.22. The number of hydrogen-bond donors (Lipinski definition) is 1. The third-order valence-corrected chi connectivity index (χ3v) is 5.28. The summed E-state index contributed by atoms with van der Waals surface area (Å²) in [6.07, 6.45) is 7.80. The molecular formula is C24H26N4O. The molecule has 1 N–H and O–H groups in total. The lowest BCUT2D eigenvalue weighted by molar-refractivity contribution is -0.121. The first-order chi connectivity index (χ1) is 14.3. The standard InChI is InChI=1S/C24H26N4O/c29-22(27-26-21-14-8-3-9-15-21)16-17-28-18-25-23(19-10-4-1-5-11-19)24(28)20-12-6-2-7-13-20/h1-2,4-7,10-13,18H,3,8-9,14-17H2,(H,27,29). The van der Waals surface area contributed by atoms with Crippen molar-refractivity contribution in [3.8, 4) is 22.5 Å². The number of carbonyl (C=O) groups excluding carboxylic acids is 1. The molecule has 1 heterocycles. The molecule has 1 aliphatic carbocycles. The van der Waals surface area contributed by atoms with E-state index in [2.05, 4.69) is 44.3 Å². The first kappa shape index (κ1) is 19.1. The number of hydrazone groups is 1.